The van der Waals surface area contributed by atoms with Gasteiger partial charge < -0.3 is 24.3 Å². The summed E-state index contributed by atoms with van der Waals surface area (Å²) < 4.78 is 13.9. The number of imidazole rings is 1. The topological polar surface area (TPSA) is 142 Å². The lowest BCUT2D eigenvalue weighted by molar-refractivity contribution is -0.123. The molecule has 0 unspecified atom stereocenters. The van der Waals surface area contributed by atoms with Crippen molar-refractivity contribution in [3.8, 4) is 0 Å². The molecule has 12 nitrogen and oxygen atoms in total. The van der Waals surface area contributed by atoms with E-state index in [1.807, 2.05) is 42.5 Å². The average Bonchev–Trinajstić information content (AvgIpc) is 3.45. The molecular formula is C40H49N5O7. The second-order valence-corrected chi connectivity index (χ2v) is 14.3. The van der Waals surface area contributed by atoms with Crippen molar-refractivity contribution in [1.29, 1.82) is 0 Å². The fraction of sp³-hybridized carbons (Fsp3) is 0.400. The zero-order valence-electron chi connectivity index (χ0n) is 31.0. The molecule has 2 amide bonds. The van der Waals surface area contributed by atoms with Gasteiger partial charge in [0.15, 0.2) is 5.78 Å². The molecule has 276 valence electrons. The van der Waals surface area contributed by atoms with Crippen LogP contribution in [0.2, 0.25) is 0 Å². The summed E-state index contributed by atoms with van der Waals surface area (Å²) in [6, 6.07) is 17.0. The van der Waals surface area contributed by atoms with Gasteiger partial charge in [-0.2, -0.15) is 0 Å². The van der Waals surface area contributed by atoms with E-state index in [0.29, 0.717) is 29.2 Å². The van der Waals surface area contributed by atoms with Gasteiger partial charge >= 0.3 is 12.2 Å². The van der Waals surface area contributed by atoms with Crippen LogP contribution in [0.5, 0.6) is 0 Å². The molecule has 0 radical (unpaired) electrons. The minimum Gasteiger partial charge on any atom is -0.445 e. The van der Waals surface area contributed by atoms with Crippen molar-refractivity contribution in [2.45, 2.75) is 85.1 Å². The first-order chi connectivity index (χ1) is 24.6. The standard InChI is InChI=1S/C40H49N5O7/c1-27(2)23-29-17-13-20-32-36(29)42-34(45(32)39(50)52-40(3,4)5)25-44-22-14-18-30(37(44)48)24-33(46)31(19-11-12-21-35(47)43(6)7)41-38(49)51-26-28-15-9-8-10-16-28/h8-10,12-18,20-22,27,31H,11,19,23-26H2,1-7H3,(H,41,49)/b21-12+/t31-/m0/s1. The summed E-state index contributed by atoms with van der Waals surface area (Å²) in [5.41, 5.74) is 1.99. The smallest absolute Gasteiger partial charge is 0.420 e. The number of carbonyl (C=O) groups excluding carboxylic acids is 4. The number of ether oxygens (including phenoxy) is 2. The molecule has 4 rings (SSSR count). The number of aromatic nitrogens is 3. The summed E-state index contributed by atoms with van der Waals surface area (Å²) in [7, 11) is 3.26. The van der Waals surface area contributed by atoms with Gasteiger partial charge in [0.2, 0.25) is 5.91 Å². The Morgan fingerprint density at radius 1 is 0.962 bits per heavy atom. The van der Waals surface area contributed by atoms with Gasteiger partial charge in [0.25, 0.3) is 5.56 Å². The summed E-state index contributed by atoms with van der Waals surface area (Å²) in [5.74, 6) is 0.0430. The van der Waals surface area contributed by atoms with E-state index >= 15 is 0 Å². The molecule has 4 aromatic rings. The van der Waals surface area contributed by atoms with Crippen LogP contribution in [0.3, 0.4) is 0 Å². The van der Waals surface area contributed by atoms with Crippen molar-refractivity contribution < 1.29 is 28.7 Å². The summed E-state index contributed by atoms with van der Waals surface area (Å²) in [6.45, 7) is 9.51. The molecule has 2 aromatic heterocycles. The van der Waals surface area contributed by atoms with Gasteiger partial charge in [0.1, 0.15) is 18.0 Å². The highest BCUT2D eigenvalue weighted by Crippen LogP contribution is 2.24. The molecule has 12 heteroatoms. The molecule has 0 saturated carbocycles. The Kier molecular flexibility index (Phi) is 13.3. The van der Waals surface area contributed by atoms with Crippen molar-refractivity contribution in [3.63, 3.8) is 0 Å². The van der Waals surface area contributed by atoms with Gasteiger partial charge in [0, 0.05) is 32.3 Å². The second-order valence-electron chi connectivity index (χ2n) is 14.3. The Morgan fingerprint density at radius 3 is 2.35 bits per heavy atom. The summed E-state index contributed by atoms with van der Waals surface area (Å²) >= 11 is 0. The van der Waals surface area contributed by atoms with Crippen LogP contribution in [0.15, 0.2) is 83.8 Å². The molecule has 0 aliphatic rings. The number of hydrogen-bond donors (Lipinski definition) is 1. The van der Waals surface area contributed by atoms with Crippen LogP contribution in [0.25, 0.3) is 11.0 Å². The van der Waals surface area contributed by atoms with Crippen LogP contribution < -0.4 is 10.9 Å². The predicted octanol–water partition coefficient (Wildman–Crippen LogP) is 6.06. The predicted molar refractivity (Wildman–Crippen MR) is 199 cm³/mol. The van der Waals surface area contributed by atoms with E-state index in [2.05, 4.69) is 19.2 Å². The number of Topliss-reactive ketones (excluding diaryl/α,β-unsaturated/α-hetero) is 1. The summed E-state index contributed by atoms with van der Waals surface area (Å²) in [6.07, 6.45) is 4.19. The Bertz CT molecular complexity index is 1970. The summed E-state index contributed by atoms with van der Waals surface area (Å²) in [4.78, 5) is 72.2. The third-order valence-electron chi connectivity index (χ3n) is 8.03. The lowest BCUT2D eigenvalue weighted by Gasteiger charge is -2.20. The number of allylic oxidation sites excluding steroid dienone is 1. The molecule has 2 aromatic carbocycles. The van der Waals surface area contributed by atoms with Crippen LogP contribution in [-0.2, 0) is 45.1 Å². The van der Waals surface area contributed by atoms with Gasteiger partial charge in [-0.05, 0) is 75.3 Å². The Morgan fingerprint density at radius 2 is 1.67 bits per heavy atom. The van der Waals surface area contributed by atoms with Crippen molar-refractivity contribution in [1.82, 2.24) is 24.3 Å². The highest BCUT2D eigenvalue weighted by Gasteiger charge is 2.26. The number of nitrogens with zero attached hydrogens (tertiary/aromatic N) is 4. The number of nitrogens with one attached hydrogen (secondary N) is 1. The largest absolute Gasteiger partial charge is 0.445 e. The Hall–Kier alpha value is -5.52. The van der Waals surface area contributed by atoms with Gasteiger partial charge in [-0.1, -0.05) is 68.5 Å². The Balaban J connectivity index is 1.60. The highest BCUT2D eigenvalue weighted by molar-refractivity contribution is 5.90. The number of alkyl carbamates (subject to hydrolysis) is 1. The van der Waals surface area contributed by atoms with E-state index in [4.69, 9.17) is 14.5 Å². The first-order valence-corrected chi connectivity index (χ1v) is 17.4. The maximum Gasteiger partial charge on any atom is 0.420 e. The maximum atomic E-state index is 13.8. The first-order valence-electron chi connectivity index (χ1n) is 17.4. The average molecular weight is 712 g/mol. The minimum atomic E-state index is -0.994. The zero-order chi connectivity index (χ0) is 38.0. The molecule has 0 bridgehead atoms. The third kappa shape index (κ3) is 11.0. The third-order valence-corrected chi connectivity index (χ3v) is 8.03. The second kappa shape index (κ2) is 17.6. The monoisotopic (exact) mass is 711 g/mol. The highest BCUT2D eigenvalue weighted by atomic mass is 16.6. The number of fused-ring (bicyclic) bond motifs is 1. The molecule has 2 heterocycles. The van der Waals surface area contributed by atoms with Gasteiger partial charge in [0.05, 0.1) is 23.6 Å². The molecule has 0 saturated heterocycles. The van der Waals surface area contributed by atoms with Crippen molar-refractivity contribution in [3.05, 3.63) is 112 Å². The SMILES string of the molecule is CC(C)Cc1cccc2c1nc(Cn1cccc(CC(=O)[C@H](CC/C=C/C(=O)N(C)C)NC(=O)OCc3ccccc3)c1=O)n2C(=O)OC(C)(C)C. The first kappa shape index (κ1) is 39.3. The number of amides is 2. The zero-order valence-corrected chi connectivity index (χ0v) is 31.0. The lowest BCUT2D eigenvalue weighted by atomic mass is 10.0. The number of benzene rings is 2. The lowest BCUT2D eigenvalue weighted by Crippen LogP contribution is -2.42. The number of para-hydroxylation sites is 1. The van der Waals surface area contributed by atoms with Gasteiger partial charge in [-0.25, -0.2) is 19.1 Å². The molecule has 0 aliphatic carbocycles. The molecule has 0 spiro atoms. The van der Waals surface area contributed by atoms with Crippen molar-refractivity contribution >= 4 is 34.9 Å². The number of carbonyl (C=O) groups is 4. The molecule has 52 heavy (non-hydrogen) atoms. The number of rotatable bonds is 14. The van der Waals surface area contributed by atoms with Crippen molar-refractivity contribution in [2.24, 2.45) is 5.92 Å². The van der Waals surface area contributed by atoms with E-state index in [1.165, 1.54) is 20.1 Å². The van der Waals surface area contributed by atoms with E-state index in [9.17, 15) is 24.0 Å². The molecule has 1 N–H and O–H groups in total. The fourth-order valence-electron chi connectivity index (χ4n) is 5.55. The summed E-state index contributed by atoms with van der Waals surface area (Å²) in [5, 5.41) is 2.65. The fourth-order valence-corrected chi connectivity index (χ4v) is 5.55. The minimum absolute atomic E-state index is 0.0151. The van der Waals surface area contributed by atoms with Gasteiger partial charge in [-0.3, -0.25) is 14.4 Å². The number of pyridine rings is 1. The molecule has 0 fully saturated rings. The number of ketones is 1. The van der Waals surface area contributed by atoms with Crippen LogP contribution in [0.4, 0.5) is 9.59 Å². The number of hydrogen-bond acceptors (Lipinski definition) is 8. The van der Waals surface area contributed by atoms with E-state index in [0.717, 1.165) is 17.5 Å². The van der Waals surface area contributed by atoms with Crippen LogP contribution in [0, 0.1) is 5.92 Å². The molecular weight excluding hydrogens is 662 g/mol. The van der Waals surface area contributed by atoms with Gasteiger partial charge in [-0.15, -0.1) is 0 Å². The Labute approximate surface area is 304 Å². The van der Waals surface area contributed by atoms with E-state index in [-0.39, 0.29) is 37.5 Å². The van der Waals surface area contributed by atoms with Crippen LogP contribution >= 0.6 is 0 Å². The van der Waals surface area contributed by atoms with E-state index < -0.39 is 35.2 Å². The molecule has 0 aliphatic heterocycles. The number of likely N-dealkylation sites (N-methyl/N-ethyl adjacent to an activating group) is 1. The maximum absolute atomic E-state index is 13.8. The van der Waals surface area contributed by atoms with Crippen LogP contribution in [-0.4, -0.2) is 68.6 Å². The van der Waals surface area contributed by atoms with E-state index in [1.54, 1.807) is 65.3 Å². The van der Waals surface area contributed by atoms with Crippen LogP contribution in [0.1, 0.15) is 70.0 Å². The van der Waals surface area contributed by atoms with Crippen molar-refractivity contribution in [2.75, 3.05) is 14.1 Å². The molecule has 1 atom stereocenters. The quantitative estimate of drug-likeness (QED) is 0.156. The normalized spacial score (nSPS) is 12.2.